The first-order valence-corrected chi connectivity index (χ1v) is 10.6. The number of Topliss-reactive ketones (excluding diaryl/α,β-unsaturated/α-hetero) is 1. The Labute approximate surface area is 180 Å². The number of rotatable bonds is 2. The number of nitrogens with zero attached hydrogens (tertiary/aromatic N) is 1. The molecule has 1 fully saturated rings. The number of anilines is 1. The number of benzene rings is 3. The Morgan fingerprint density at radius 3 is 1.90 bits per heavy atom. The van der Waals surface area contributed by atoms with Crippen LogP contribution in [0.15, 0.2) is 72.8 Å². The number of imide groups is 1. The quantitative estimate of drug-likeness (QED) is 0.466. The average molecular weight is 407 g/mol. The van der Waals surface area contributed by atoms with Crippen molar-refractivity contribution in [3.63, 3.8) is 0 Å². The van der Waals surface area contributed by atoms with E-state index in [1.165, 1.54) is 11.8 Å². The van der Waals surface area contributed by atoms with Crippen LogP contribution >= 0.6 is 0 Å². The van der Waals surface area contributed by atoms with Gasteiger partial charge in [0, 0.05) is 16.9 Å². The van der Waals surface area contributed by atoms with E-state index >= 15 is 0 Å². The van der Waals surface area contributed by atoms with Crippen LogP contribution < -0.4 is 4.90 Å². The highest BCUT2D eigenvalue weighted by Crippen LogP contribution is 2.64. The summed E-state index contributed by atoms with van der Waals surface area (Å²) in [7, 11) is 0. The van der Waals surface area contributed by atoms with E-state index in [1.54, 1.807) is 24.3 Å². The van der Waals surface area contributed by atoms with E-state index < -0.39 is 17.3 Å². The maximum absolute atomic E-state index is 13.8. The highest BCUT2D eigenvalue weighted by atomic mass is 16.2. The molecule has 4 nitrogen and oxygen atoms in total. The number of hydrogen-bond acceptors (Lipinski definition) is 3. The van der Waals surface area contributed by atoms with Crippen molar-refractivity contribution in [2.24, 2.45) is 11.8 Å². The maximum Gasteiger partial charge on any atom is 0.238 e. The van der Waals surface area contributed by atoms with Crippen LogP contribution in [0.25, 0.3) is 0 Å². The molecule has 0 radical (unpaired) electrons. The van der Waals surface area contributed by atoms with Crippen LogP contribution in [0.4, 0.5) is 5.69 Å². The molecule has 1 aliphatic heterocycles. The summed E-state index contributed by atoms with van der Waals surface area (Å²) < 4.78 is 0. The molecule has 31 heavy (non-hydrogen) atoms. The molecular formula is C27H21NO3. The van der Waals surface area contributed by atoms with Crippen LogP contribution in [-0.2, 0) is 15.0 Å². The predicted molar refractivity (Wildman–Crippen MR) is 117 cm³/mol. The Morgan fingerprint density at radius 2 is 1.35 bits per heavy atom. The standard InChI is InChI=1S/C27H21NO3/c1-15(29)16-11-13-17(14-12-16)28-25(30)23-22-18-7-3-5-9-20(18)27(2,24(23)26(28)31)21-10-6-4-8-19(21)22/h3-14,22-24H,1-2H3/t22?,23-,24-,27?/m0/s1. The van der Waals surface area contributed by atoms with E-state index in [1.807, 2.05) is 24.3 Å². The van der Waals surface area contributed by atoms with Gasteiger partial charge in [0.2, 0.25) is 11.8 Å². The molecule has 1 heterocycles. The lowest BCUT2D eigenvalue weighted by Gasteiger charge is -2.52. The van der Waals surface area contributed by atoms with Crippen LogP contribution in [0.3, 0.4) is 0 Å². The smallest absolute Gasteiger partial charge is 0.238 e. The van der Waals surface area contributed by atoms with Crippen LogP contribution in [0.5, 0.6) is 0 Å². The number of hydrogen-bond donors (Lipinski definition) is 0. The first-order chi connectivity index (χ1) is 14.9. The van der Waals surface area contributed by atoms with Crippen molar-refractivity contribution >= 4 is 23.3 Å². The molecule has 3 aromatic rings. The van der Waals surface area contributed by atoms with Crippen molar-refractivity contribution in [1.29, 1.82) is 0 Å². The maximum atomic E-state index is 13.8. The number of carbonyl (C=O) groups is 3. The summed E-state index contributed by atoms with van der Waals surface area (Å²) >= 11 is 0. The molecule has 2 amide bonds. The van der Waals surface area contributed by atoms with Gasteiger partial charge < -0.3 is 0 Å². The fourth-order valence-corrected chi connectivity index (χ4v) is 6.25. The monoisotopic (exact) mass is 407 g/mol. The van der Waals surface area contributed by atoms with Crippen molar-refractivity contribution in [1.82, 2.24) is 0 Å². The fourth-order valence-electron chi connectivity index (χ4n) is 6.25. The zero-order chi connectivity index (χ0) is 21.5. The van der Waals surface area contributed by atoms with Crippen LogP contribution in [-0.4, -0.2) is 17.6 Å². The summed E-state index contributed by atoms with van der Waals surface area (Å²) in [6, 6.07) is 23.2. The minimum absolute atomic E-state index is 0.0456. The molecule has 7 rings (SSSR count). The molecule has 2 atom stereocenters. The molecule has 152 valence electrons. The second kappa shape index (κ2) is 6.01. The number of ketones is 1. The first-order valence-electron chi connectivity index (χ1n) is 10.6. The first kappa shape index (κ1) is 18.3. The molecule has 3 aromatic carbocycles. The van der Waals surface area contributed by atoms with Gasteiger partial charge in [-0.25, -0.2) is 4.90 Å². The summed E-state index contributed by atoms with van der Waals surface area (Å²) in [6.45, 7) is 3.62. The summed E-state index contributed by atoms with van der Waals surface area (Å²) in [5.41, 5.74) is 5.13. The zero-order valence-corrected chi connectivity index (χ0v) is 17.3. The minimum Gasteiger partial charge on any atom is -0.295 e. The lowest BCUT2D eigenvalue weighted by Crippen LogP contribution is -2.51. The summed E-state index contributed by atoms with van der Waals surface area (Å²) in [5, 5.41) is 0. The Kier molecular flexibility index (Phi) is 3.54. The highest BCUT2D eigenvalue weighted by Gasteiger charge is 2.66. The highest BCUT2D eigenvalue weighted by molar-refractivity contribution is 6.23. The normalized spacial score (nSPS) is 27.7. The lowest BCUT2D eigenvalue weighted by atomic mass is 9.48. The third-order valence-electron chi connectivity index (χ3n) is 7.57. The van der Waals surface area contributed by atoms with Gasteiger partial charge in [0.1, 0.15) is 0 Å². The molecule has 4 heteroatoms. The zero-order valence-electron chi connectivity index (χ0n) is 17.3. The second-order valence-electron chi connectivity index (χ2n) is 8.97. The molecule has 1 saturated heterocycles. The Hall–Kier alpha value is -3.53. The van der Waals surface area contributed by atoms with Crippen LogP contribution in [0.1, 0.15) is 52.4 Å². The van der Waals surface area contributed by atoms with Crippen molar-refractivity contribution in [2.75, 3.05) is 4.90 Å². The van der Waals surface area contributed by atoms with Gasteiger partial charge in [-0.1, -0.05) is 55.5 Å². The second-order valence-corrected chi connectivity index (χ2v) is 8.97. The Balaban J connectivity index is 1.55. The molecular weight excluding hydrogens is 386 g/mol. The Bertz CT molecular complexity index is 1240. The van der Waals surface area contributed by atoms with Gasteiger partial charge in [0.15, 0.2) is 5.78 Å². The van der Waals surface area contributed by atoms with Gasteiger partial charge in [0.05, 0.1) is 17.5 Å². The predicted octanol–water partition coefficient (Wildman–Crippen LogP) is 4.46. The van der Waals surface area contributed by atoms with E-state index in [2.05, 4.69) is 31.2 Å². The van der Waals surface area contributed by atoms with E-state index in [4.69, 9.17) is 0 Å². The third-order valence-corrected chi connectivity index (χ3v) is 7.57. The molecule has 0 aromatic heterocycles. The van der Waals surface area contributed by atoms with Gasteiger partial charge >= 0.3 is 0 Å². The fraction of sp³-hybridized carbons (Fsp3) is 0.222. The topological polar surface area (TPSA) is 54.5 Å². The largest absolute Gasteiger partial charge is 0.295 e. The summed E-state index contributed by atoms with van der Waals surface area (Å²) in [6.07, 6.45) is 0. The number of amides is 2. The Morgan fingerprint density at radius 1 is 0.806 bits per heavy atom. The summed E-state index contributed by atoms with van der Waals surface area (Å²) in [4.78, 5) is 40.6. The van der Waals surface area contributed by atoms with E-state index in [9.17, 15) is 14.4 Å². The minimum atomic E-state index is -0.562. The van der Waals surface area contributed by atoms with Gasteiger partial charge in [-0.3, -0.25) is 14.4 Å². The number of carbonyl (C=O) groups excluding carboxylic acids is 3. The summed E-state index contributed by atoms with van der Waals surface area (Å²) in [5.74, 6) is -1.34. The van der Waals surface area contributed by atoms with Gasteiger partial charge in [-0.2, -0.15) is 0 Å². The van der Waals surface area contributed by atoms with E-state index in [0.717, 1.165) is 22.3 Å². The van der Waals surface area contributed by atoms with Gasteiger partial charge in [-0.15, -0.1) is 0 Å². The van der Waals surface area contributed by atoms with Crippen molar-refractivity contribution < 1.29 is 14.4 Å². The molecule has 0 saturated carbocycles. The van der Waals surface area contributed by atoms with Crippen LogP contribution in [0, 0.1) is 11.8 Å². The molecule has 2 bridgehead atoms. The third kappa shape index (κ3) is 2.12. The SMILES string of the molecule is CC(=O)c1ccc(N2C(=O)[C@@H]3[C@@H](C2=O)C2c4ccccc4C3(C)c3ccccc32)cc1. The van der Waals surface area contributed by atoms with Crippen molar-refractivity contribution in [3.8, 4) is 0 Å². The van der Waals surface area contributed by atoms with Gasteiger partial charge in [-0.05, 0) is 53.4 Å². The molecule has 3 aliphatic carbocycles. The molecule has 0 unspecified atom stereocenters. The van der Waals surface area contributed by atoms with E-state index in [0.29, 0.717) is 11.3 Å². The molecule has 4 aliphatic rings. The van der Waals surface area contributed by atoms with Gasteiger partial charge in [0.25, 0.3) is 0 Å². The lowest BCUT2D eigenvalue weighted by molar-refractivity contribution is -0.123. The van der Waals surface area contributed by atoms with Crippen molar-refractivity contribution in [2.45, 2.75) is 25.2 Å². The average Bonchev–Trinajstić information content (AvgIpc) is 3.06. The van der Waals surface area contributed by atoms with Crippen LogP contribution in [0.2, 0.25) is 0 Å². The molecule has 0 spiro atoms. The van der Waals surface area contributed by atoms with Crippen molar-refractivity contribution in [3.05, 3.63) is 101 Å². The molecule has 0 N–H and O–H groups in total. The van der Waals surface area contributed by atoms with E-state index in [-0.39, 0.29) is 23.5 Å².